The quantitative estimate of drug-likeness (QED) is 0.386. The van der Waals surface area contributed by atoms with Crippen molar-refractivity contribution in [3.05, 3.63) is 58.5 Å². The molecule has 1 heterocycles. The van der Waals surface area contributed by atoms with Crippen LogP contribution < -0.4 is 14.8 Å². The summed E-state index contributed by atoms with van der Waals surface area (Å²) in [7, 11) is 0. The molecule has 0 radical (unpaired) electrons. The fourth-order valence-corrected chi connectivity index (χ4v) is 4.01. The van der Waals surface area contributed by atoms with E-state index < -0.39 is 23.0 Å². The van der Waals surface area contributed by atoms with Crippen molar-refractivity contribution in [1.82, 2.24) is 4.90 Å². The summed E-state index contributed by atoms with van der Waals surface area (Å²) in [5.74, 6) is -0.801. The third kappa shape index (κ3) is 6.86. The molecule has 0 bridgehead atoms. The highest BCUT2D eigenvalue weighted by molar-refractivity contribution is 8.18. The van der Waals surface area contributed by atoms with Gasteiger partial charge in [0.2, 0.25) is 5.91 Å². The van der Waals surface area contributed by atoms with Crippen LogP contribution in [0.25, 0.3) is 6.08 Å². The van der Waals surface area contributed by atoms with Gasteiger partial charge in [-0.05, 0) is 67.9 Å². The van der Waals surface area contributed by atoms with Gasteiger partial charge in [-0.25, -0.2) is 4.79 Å². The van der Waals surface area contributed by atoms with Crippen LogP contribution in [0.5, 0.6) is 11.5 Å². The number of benzene rings is 2. The van der Waals surface area contributed by atoms with E-state index in [0.29, 0.717) is 29.4 Å². The number of imide groups is 1. The summed E-state index contributed by atoms with van der Waals surface area (Å²) >= 11 is 0.756. The molecule has 1 aliphatic heterocycles. The first-order chi connectivity index (χ1) is 16.8. The standard InChI is InChI=1S/C25H26N2O7S/c1-4-32-20-12-17(10-11-19(20)34-15-23(29)33-5-2)13-21-24(30)27(25(31)35-21)14-22(28)26-18-9-7-6-8-16(18)3/h6-13H,4-5,14-15H2,1-3H3,(H,26,28)/b21-13-. The molecule has 0 aliphatic carbocycles. The normalized spacial score (nSPS) is 14.3. The molecule has 0 spiro atoms. The number of carbonyl (C=O) groups is 4. The van der Waals surface area contributed by atoms with Gasteiger partial charge >= 0.3 is 5.97 Å². The van der Waals surface area contributed by atoms with E-state index in [2.05, 4.69) is 5.32 Å². The second-order valence-corrected chi connectivity index (χ2v) is 8.36. The van der Waals surface area contributed by atoms with Gasteiger partial charge in [-0.1, -0.05) is 24.3 Å². The topological polar surface area (TPSA) is 111 Å². The molecule has 3 rings (SSSR count). The second-order valence-electron chi connectivity index (χ2n) is 7.36. The number of esters is 1. The molecule has 0 aromatic heterocycles. The minimum atomic E-state index is -0.555. The van der Waals surface area contributed by atoms with E-state index in [4.69, 9.17) is 14.2 Å². The molecule has 1 fully saturated rings. The van der Waals surface area contributed by atoms with Gasteiger partial charge in [-0.2, -0.15) is 0 Å². The first kappa shape index (κ1) is 25.8. The minimum absolute atomic E-state index is 0.182. The average Bonchev–Trinajstić information content (AvgIpc) is 3.07. The monoisotopic (exact) mass is 498 g/mol. The van der Waals surface area contributed by atoms with Crippen molar-refractivity contribution in [3.63, 3.8) is 0 Å². The van der Waals surface area contributed by atoms with Crippen LogP contribution in [0.15, 0.2) is 47.4 Å². The molecule has 10 heteroatoms. The second kappa shape index (κ2) is 12.1. The summed E-state index contributed by atoms with van der Waals surface area (Å²) in [6, 6.07) is 12.1. The molecule has 2 aromatic rings. The maximum atomic E-state index is 12.8. The molecule has 3 amide bonds. The highest BCUT2D eigenvalue weighted by Crippen LogP contribution is 2.34. The average molecular weight is 499 g/mol. The van der Waals surface area contributed by atoms with Crippen molar-refractivity contribution < 1.29 is 33.4 Å². The Morgan fingerprint density at radius 3 is 2.51 bits per heavy atom. The van der Waals surface area contributed by atoms with Gasteiger partial charge in [-0.15, -0.1) is 0 Å². The first-order valence-corrected chi connectivity index (χ1v) is 11.8. The van der Waals surface area contributed by atoms with E-state index in [1.807, 2.05) is 19.1 Å². The summed E-state index contributed by atoms with van der Waals surface area (Å²) in [5, 5.41) is 2.19. The van der Waals surface area contributed by atoms with Crippen LogP contribution in [0.2, 0.25) is 0 Å². The number of rotatable bonds is 10. The summed E-state index contributed by atoms with van der Waals surface area (Å²) in [4.78, 5) is 50.3. The number of hydrogen-bond donors (Lipinski definition) is 1. The van der Waals surface area contributed by atoms with Crippen molar-refractivity contribution in [3.8, 4) is 11.5 Å². The molecule has 9 nitrogen and oxygen atoms in total. The van der Waals surface area contributed by atoms with Crippen LogP contribution >= 0.6 is 11.8 Å². The Morgan fingerprint density at radius 1 is 1.03 bits per heavy atom. The molecule has 0 unspecified atom stereocenters. The molecule has 35 heavy (non-hydrogen) atoms. The number of anilines is 1. The zero-order valence-electron chi connectivity index (χ0n) is 19.7. The Hall–Kier alpha value is -3.79. The van der Waals surface area contributed by atoms with Crippen LogP contribution in [0.1, 0.15) is 25.0 Å². The largest absolute Gasteiger partial charge is 0.490 e. The lowest BCUT2D eigenvalue weighted by Gasteiger charge is -2.13. The van der Waals surface area contributed by atoms with Crippen LogP contribution in [0, 0.1) is 6.92 Å². The van der Waals surface area contributed by atoms with E-state index >= 15 is 0 Å². The number of nitrogens with zero attached hydrogens (tertiary/aromatic N) is 1. The number of hydrogen-bond acceptors (Lipinski definition) is 8. The van der Waals surface area contributed by atoms with E-state index in [0.717, 1.165) is 22.2 Å². The highest BCUT2D eigenvalue weighted by atomic mass is 32.2. The van der Waals surface area contributed by atoms with Crippen LogP contribution in [0.3, 0.4) is 0 Å². The van der Waals surface area contributed by atoms with Gasteiger partial charge in [0.25, 0.3) is 11.1 Å². The molecule has 1 aliphatic rings. The lowest BCUT2D eigenvalue weighted by Crippen LogP contribution is -2.36. The van der Waals surface area contributed by atoms with Gasteiger partial charge in [0.05, 0.1) is 18.1 Å². The Balaban J connectivity index is 1.70. The lowest BCUT2D eigenvalue weighted by molar-refractivity contribution is -0.145. The van der Waals surface area contributed by atoms with Crippen LogP contribution in [-0.4, -0.2) is 54.3 Å². The van der Waals surface area contributed by atoms with E-state index in [1.54, 1.807) is 50.3 Å². The van der Waals surface area contributed by atoms with Gasteiger partial charge in [0, 0.05) is 5.69 Å². The first-order valence-electron chi connectivity index (χ1n) is 11.0. The number of aryl methyl sites for hydroxylation is 1. The van der Waals surface area contributed by atoms with Gasteiger partial charge in [-0.3, -0.25) is 19.3 Å². The summed E-state index contributed by atoms with van der Waals surface area (Å²) in [6.45, 7) is 5.31. The van der Waals surface area contributed by atoms with Gasteiger partial charge in [0.1, 0.15) is 6.54 Å². The zero-order chi connectivity index (χ0) is 25.4. The summed E-state index contributed by atoms with van der Waals surface area (Å²) in [5.41, 5.74) is 2.08. The number of para-hydroxylation sites is 1. The van der Waals surface area contributed by atoms with Crippen molar-refractivity contribution in [2.45, 2.75) is 20.8 Å². The van der Waals surface area contributed by atoms with E-state index in [-0.39, 0.29) is 24.7 Å². The number of ether oxygens (including phenoxy) is 3. The third-order valence-electron chi connectivity index (χ3n) is 4.81. The van der Waals surface area contributed by atoms with Crippen molar-refractivity contribution in [2.75, 3.05) is 31.7 Å². The van der Waals surface area contributed by atoms with E-state index in [1.165, 1.54) is 0 Å². The predicted octanol–water partition coefficient (Wildman–Crippen LogP) is 4.01. The summed E-state index contributed by atoms with van der Waals surface area (Å²) in [6.07, 6.45) is 1.54. The minimum Gasteiger partial charge on any atom is -0.490 e. The fourth-order valence-electron chi connectivity index (χ4n) is 3.18. The number of thioether (sulfide) groups is 1. The molecule has 184 valence electrons. The maximum Gasteiger partial charge on any atom is 0.344 e. The summed E-state index contributed by atoms with van der Waals surface area (Å²) < 4.78 is 15.9. The van der Waals surface area contributed by atoms with Crippen molar-refractivity contribution in [1.29, 1.82) is 0 Å². The Bertz CT molecular complexity index is 1160. The van der Waals surface area contributed by atoms with E-state index in [9.17, 15) is 19.2 Å². The lowest BCUT2D eigenvalue weighted by atomic mass is 10.2. The smallest absolute Gasteiger partial charge is 0.344 e. The molecular weight excluding hydrogens is 472 g/mol. The maximum absolute atomic E-state index is 12.8. The van der Waals surface area contributed by atoms with Gasteiger partial charge in [0.15, 0.2) is 18.1 Å². The SMILES string of the molecule is CCOC(=O)COc1ccc(/C=C2\SC(=O)N(CC(=O)Nc3ccccc3C)C2=O)cc1OCC. The Morgan fingerprint density at radius 2 is 1.80 bits per heavy atom. The van der Waals surface area contributed by atoms with Crippen molar-refractivity contribution >= 4 is 46.5 Å². The van der Waals surface area contributed by atoms with Crippen LogP contribution in [-0.2, 0) is 19.1 Å². The molecule has 1 saturated heterocycles. The Kier molecular flexibility index (Phi) is 8.91. The molecular formula is C25H26N2O7S. The number of carbonyl (C=O) groups excluding carboxylic acids is 4. The van der Waals surface area contributed by atoms with Crippen LogP contribution in [0.4, 0.5) is 10.5 Å². The van der Waals surface area contributed by atoms with Gasteiger partial charge < -0.3 is 19.5 Å². The highest BCUT2D eigenvalue weighted by Gasteiger charge is 2.36. The predicted molar refractivity (Wildman–Crippen MR) is 132 cm³/mol. The molecule has 1 N–H and O–H groups in total. The third-order valence-corrected chi connectivity index (χ3v) is 5.72. The Labute approximate surface area is 207 Å². The number of amides is 3. The van der Waals surface area contributed by atoms with Crippen molar-refractivity contribution in [2.24, 2.45) is 0 Å². The zero-order valence-corrected chi connectivity index (χ0v) is 20.5. The molecule has 0 atom stereocenters. The fraction of sp³-hybridized carbons (Fsp3) is 0.280. The number of nitrogens with one attached hydrogen (secondary N) is 1. The molecule has 2 aromatic carbocycles. The molecule has 0 saturated carbocycles.